The molecule has 2 aromatic heterocycles. The summed E-state index contributed by atoms with van der Waals surface area (Å²) in [4.78, 5) is 8.47. The third-order valence-electron chi connectivity index (χ3n) is 4.69. The number of aromatic nitrogens is 2. The number of hydrogen-bond donors (Lipinski definition) is 1. The van der Waals surface area contributed by atoms with Gasteiger partial charge in [0.05, 0.1) is 17.5 Å². The summed E-state index contributed by atoms with van der Waals surface area (Å²) in [5, 5.41) is 2.77. The number of thiazole rings is 1. The molecule has 2 heterocycles. The maximum Gasteiger partial charge on any atom is 0.264 e. The van der Waals surface area contributed by atoms with E-state index < -0.39 is 16.7 Å². The molecule has 6 nitrogen and oxygen atoms in total. The summed E-state index contributed by atoms with van der Waals surface area (Å²) in [7, 11) is -2.28. The monoisotopic (exact) mass is 443 g/mol. The van der Waals surface area contributed by atoms with Crippen LogP contribution in [0.2, 0.25) is 0 Å². The molecule has 4 aromatic rings. The Morgan fingerprint density at radius 1 is 1.10 bits per heavy atom. The van der Waals surface area contributed by atoms with Gasteiger partial charge in [-0.1, -0.05) is 12.1 Å². The molecule has 9 heteroatoms. The van der Waals surface area contributed by atoms with Gasteiger partial charge in [-0.15, -0.1) is 11.3 Å². The predicted octanol–water partition coefficient (Wildman–Crippen LogP) is 4.95. The summed E-state index contributed by atoms with van der Waals surface area (Å²) in [6, 6.07) is 10.3. The highest BCUT2D eigenvalue weighted by Gasteiger charge is 2.21. The molecule has 0 bridgehead atoms. The number of pyridine rings is 1. The fraction of sp³-hybridized carbons (Fsp3) is 0.143. The molecule has 0 amide bonds. The lowest BCUT2D eigenvalue weighted by atomic mass is 9.98. The fourth-order valence-electron chi connectivity index (χ4n) is 3.29. The van der Waals surface area contributed by atoms with Gasteiger partial charge in [-0.3, -0.25) is 9.71 Å². The number of aryl methyl sites for hydroxylation is 1. The summed E-state index contributed by atoms with van der Waals surface area (Å²) in [6.07, 6.45) is 3.14. The van der Waals surface area contributed by atoms with Crippen molar-refractivity contribution in [1.82, 2.24) is 9.97 Å². The molecule has 0 radical (unpaired) electrons. The quantitative estimate of drug-likeness (QED) is 0.456. The van der Waals surface area contributed by atoms with E-state index in [9.17, 15) is 12.8 Å². The molecule has 2 aromatic carbocycles. The summed E-state index contributed by atoms with van der Waals surface area (Å²) in [5.41, 5.74) is 3.21. The Balaban J connectivity index is 1.86. The first-order valence-corrected chi connectivity index (χ1v) is 11.3. The lowest BCUT2D eigenvalue weighted by Gasteiger charge is -2.14. The van der Waals surface area contributed by atoms with Crippen LogP contribution in [-0.4, -0.2) is 25.5 Å². The molecule has 1 N–H and O–H groups in total. The molecule has 0 aliphatic carbocycles. The van der Waals surface area contributed by atoms with Gasteiger partial charge >= 0.3 is 0 Å². The van der Waals surface area contributed by atoms with E-state index >= 15 is 0 Å². The molecule has 0 aliphatic rings. The zero-order valence-electron chi connectivity index (χ0n) is 16.2. The van der Waals surface area contributed by atoms with E-state index in [0.717, 1.165) is 16.5 Å². The molecule has 154 valence electrons. The van der Waals surface area contributed by atoms with Gasteiger partial charge in [-0.05, 0) is 47.9 Å². The average Bonchev–Trinajstić information content (AvgIpc) is 3.24. The van der Waals surface area contributed by atoms with Crippen molar-refractivity contribution in [3.63, 3.8) is 0 Å². The van der Waals surface area contributed by atoms with Crippen LogP contribution in [0.1, 0.15) is 11.1 Å². The maximum absolute atomic E-state index is 13.0. The first-order valence-electron chi connectivity index (χ1n) is 8.98. The summed E-state index contributed by atoms with van der Waals surface area (Å²) < 4.78 is 46.7. The van der Waals surface area contributed by atoms with E-state index in [2.05, 4.69) is 14.7 Å². The molecule has 0 unspecified atom stereocenters. The minimum absolute atomic E-state index is 0.134. The Morgan fingerprint density at radius 3 is 2.63 bits per heavy atom. The Morgan fingerprint density at radius 2 is 1.93 bits per heavy atom. The zero-order valence-corrected chi connectivity index (χ0v) is 17.8. The Kier molecular flexibility index (Phi) is 5.40. The van der Waals surface area contributed by atoms with Crippen LogP contribution in [0, 0.1) is 6.92 Å². The molecule has 0 saturated carbocycles. The Labute approximate surface area is 177 Å². The first kappa shape index (κ1) is 20.2. The van der Waals surface area contributed by atoms with Gasteiger partial charge in [-0.2, -0.15) is 0 Å². The van der Waals surface area contributed by atoms with Gasteiger partial charge in [0.1, 0.15) is 12.4 Å². The topological polar surface area (TPSA) is 81.2 Å². The van der Waals surface area contributed by atoms with Crippen LogP contribution in [0.5, 0.6) is 5.75 Å². The van der Waals surface area contributed by atoms with Crippen molar-refractivity contribution < 1.29 is 17.5 Å². The number of alkyl halides is 1. The van der Waals surface area contributed by atoms with Crippen LogP contribution in [0.3, 0.4) is 0 Å². The molecular weight excluding hydrogens is 425 g/mol. The number of ether oxygens (including phenoxy) is 1. The van der Waals surface area contributed by atoms with Crippen molar-refractivity contribution >= 4 is 37.4 Å². The number of rotatable bonds is 6. The van der Waals surface area contributed by atoms with Crippen LogP contribution in [0.15, 0.2) is 59.1 Å². The maximum atomic E-state index is 13.0. The highest BCUT2D eigenvalue weighted by molar-refractivity contribution is 7.93. The number of methoxy groups -OCH3 is 1. The number of halogens is 1. The SMILES string of the molecule is COc1cc(CF)ccc1-c1ccnc2cc(S(=O)(=O)Nc3nccs3)c(C)cc12. The van der Waals surface area contributed by atoms with Crippen molar-refractivity contribution in [3.05, 3.63) is 65.3 Å². The molecule has 0 fully saturated rings. The van der Waals surface area contributed by atoms with E-state index in [4.69, 9.17) is 4.74 Å². The van der Waals surface area contributed by atoms with Crippen molar-refractivity contribution in [1.29, 1.82) is 0 Å². The molecule has 0 spiro atoms. The van der Waals surface area contributed by atoms with Gasteiger partial charge in [0.25, 0.3) is 10.0 Å². The minimum atomic E-state index is -3.81. The van der Waals surface area contributed by atoms with Crippen molar-refractivity contribution in [2.75, 3.05) is 11.8 Å². The lowest BCUT2D eigenvalue weighted by Crippen LogP contribution is -2.14. The summed E-state index contributed by atoms with van der Waals surface area (Å²) >= 11 is 1.20. The van der Waals surface area contributed by atoms with Crippen molar-refractivity contribution in [3.8, 4) is 16.9 Å². The number of hydrogen-bond acceptors (Lipinski definition) is 6. The van der Waals surface area contributed by atoms with E-state index in [0.29, 0.717) is 27.5 Å². The van der Waals surface area contributed by atoms with Crippen LogP contribution < -0.4 is 9.46 Å². The molecule has 4 rings (SSSR count). The predicted molar refractivity (Wildman–Crippen MR) is 116 cm³/mol. The van der Waals surface area contributed by atoms with Crippen LogP contribution in [0.25, 0.3) is 22.0 Å². The standard InChI is InChI=1S/C21H18FN3O3S2/c1-13-9-17-15(16-4-3-14(12-22)10-19(16)28-2)5-6-23-18(17)11-20(13)30(26,27)25-21-24-7-8-29-21/h3-11H,12H2,1-2H3,(H,24,25). The van der Waals surface area contributed by atoms with E-state index in [1.807, 2.05) is 6.07 Å². The van der Waals surface area contributed by atoms with Gasteiger partial charge in [-0.25, -0.2) is 17.8 Å². The largest absolute Gasteiger partial charge is 0.496 e. The molecule has 0 atom stereocenters. The van der Waals surface area contributed by atoms with Crippen LogP contribution >= 0.6 is 11.3 Å². The molecule has 0 aliphatic heterocycles. The van der Waals surface area contributed by atoms with Crippen molar-refractivity contribution in [2.45, 2.75) is 18.5 Å². The van der Waals surface area contributed by atoms with Gasteiger partial charge in [0.2, 0.25) is 0 Å². The number of sulfonamides is 1. The number of nitrogens with one attached hydrogen (secondary N) is 1. The first-order chi connectivity index (χ1) is 14.4. The Hall–Kier alpha value is -3.04. The van der Waals surface area contributed by atoms with Crippen molar-refractivity contribution in [2.24, 2.45) is 0 Å². The van der Waals surface area contributed by atoms with Gasteiger partial charge < -0.3 is 4.74 Å². The zero-order chi connectivity index (χ0) is 21.3. The van der Waals surface area contributed by atoms with Crippen LogP contribution in [-0.2, 0) is 16.7 Å². The minimum Gasteiger partial charge on any atom is -0.496 e. The third-order valence-corrected chi connectivity index (χ3v) is 6.99. The van der Waals surface area contributed by atoms with Crippen LogP contribution in [0.4, 0.5) is 9.52 Å². The number of benzene rings is 2. The Bertz CT molecular complexity index is 1320. The highest BCUT2D eigenvalue weighted by atomic mass is 32.2. The second-order valence-electron chi connectivity index (χ2n) is 6.60. The summed E-state index contributed by atoms with van der Waals surface area (Å²) in [5.74, 6) is 0.539. The van der Waals surface area contributed by atoms with Gasteiger partial charge in [0, 0.05) is 28.7 Å². The molecule has 30 heavy (non-hydrogen) atoms. The van der Waals surface area contributed by atoms with E-state index in [1.54, 1.807) is 48.8 Å². The number of fused-ring (bicyclic) bond motifs is 1. The lowest BCUT2D eigenvalue weighted by molar-refractivity contribution is 0.413. The smallest absolute Gasteiger partial charge is 0.264 e. The molecule has 0 saturated heterocycles. The molecular formula is C21H18FN3O3S2. The van der Waals surface area contributed by atoms with E-state index in [1.165, 1.54) is 24.6 Å². The average molecular weight is 444 g/mol. The van der Waals surface area contributed by atoms with E-state index in [-0.39, 0.29) is 4.90 Å². The number of anilines is 1. The third kappa shape index (κ3) is 3.73. The summed E-state index contributed by atoms with van der Waals surface area (Å²) in [6.45, 7) is 1.15. The second kappa shape index (κ2) is 8.00. The number of nitrogens with zero attached hydrogens (tertiary/aromatic N) is 2. The second-order valence-corrected chi connectivity index (χ2v) is 9.15. The van der Waals surface area contributed by atoms with Gasteiger partial charge in [0.15, 0.2) is 5.13 Å². The highest BCUT2D eigenvalue weighted by Crippen LogP contribution is 2.36. The fourth-order valence-corrected chi connectivity index (χ4v) is 5.33. The normalized spacial score (nSPS) is 11.6.